The van der Waals surface area contributed by atoms with Gasteiger partial charge < -0.3 is 5.32 Å². The molecule has 3 unspecified atom stereocenters. The van der Waals surface area contributed by atoms with Crippen molar-refractivity contribution in [3.05, 3.63) is 10.4 Å². The summed E-state index contributed by atoms with van der Waals surface area (Å²) in [4.78, 5) is 4.06. The van der Waals surface area contributed by atoms with Gasteiger partial charge in [0, 0.05) is 6.04 Å². The summed E-state index contributed by atoms with van der Waals surface area (Å²) in [6, 6.07) is 0.395. The molecule has 2 rings (SSSR count). The SMILES string of the molecule is CC1CCC(Nc2nc(Cl)nnc2Cl)CC1C. The molecule has 0 amide bonds. The lowest BCUT2D eigenvalue weighted by Gasteiger charge is -2.32. The molecule has 4 nitrogen and oxygen atoms in total. The molecule has 1 aliphatic rings. The minimum Gasteiger partial charge on any atom is -0.365 e. The Morgan fingerprint density at radius 1 is 1.12 bits per heavy atom. The van der Waals surface area contributed by atoms with Gasteiger partial charge in [-0.1, -0.05) is 25.4 Å². The summed E-state index contributed by atoms with van der Waals surface area (Å²) < 4.78 is 0. The second-order valence-electron chi connectivity index (χ2n) is 4.83. The molecule has 3 atom stereocenters. The van der Waals surface area contributed by atoms with Crippen LogP contribution < -0.4 is 5.32 Å². The molecule has 0 saturated heterocycles. The Bertz CT molecular complexity index is 399. The Morgan fingerprint density at radius 3 is 2.59 bits per heavy atom. The summed E-state index contributed by atoms with van der Waals surface area (Å²) in [7, 11) is 0. The number of hydrogen-bond acceptors (Lipinski definition) is 4. The lowest BCUT2D eigenvalue weighted by molar-refractivity contribution is 0.260. The molecule has 1 fully saturated rings. The summed E-state index contributed by atoms with van der Waals surface area (Å²) in [5.41, 5.74) is 0. The molecule has 17 heavy (non-hydrogen) atoms. The highest BCUT2D eigenvalue weighted by atomic mass is 35.5. The Balaban J connectivity index is 2.03. The summed E-state index contributed by atoms with van der Waals surface area (Å²) >= 11 is 11.6. The summed E-state index contributed by atoms with van der Waals surface area (Å²) in [6.45, 7) is 4.59. The molecular formula is C11H16Cl2N4. The summed E-state index contributed by atoms with van der Waals surface area (Å²) in [5, 5.41) is 11.0. The van der Waals surface area contributed by atoms with E-state index in [4.69, 9.17) is 23.2 Å². The highest BCUT2D eigenvalue weighted by Gasteiger charge is 2.25. The third kappa shape index (κ3) is 3.19. The normalized spacial score (nSPS) is 29.1. The van der Waals surface area contributed by atoms with E-state index in [1.165, 1.54) is 6.42 Å². The second kappa shape index (κ2) is 5.36. The lowest BCUT2D eigenvalue weighted by Crippen LogP contribution is -2.30. The molecule has 0 bridgehead atoms. The van der Waals surface area contributed by atoms with Crippen LogP contribution >= 0.6 is 23.2 Å². The second-order valence-corrected chi connectivity index (χ2v) is 5.53. The topological polar surface area (TPSA) is 50.7 Å². The number of nitrogens with zero attached hydrogens (tertiary/aromatic N) is 3. The molecule has 1 aliphatic carbocycles. The predicted molar refractivity (Wildman–Crippen MR) is 69.4 cm³/mol. The van der Waals surface area contributed by atoms with Gasteiger partial charge in [-0.2, -0.15) is 4.98 Å². The van der Waals surface area contributed by atoms with Crippen LogP contribution in [0.15, 0.2) is 0 Å². The first-order valence-electron chi connectivity index (χ1n) is 5.88. The number of nitrogens with one attached hydrogen (secondary N) is 1. The van der Waals surface area contributed by atoms with Gasteiger partial charge in [0.25, 0.3) is 0 Å². The van der Waals surface area contributed by atoms with Crippen molar-refractivity contribution >= 4 is 29.0 Å². The summed E-state index contributed by atoms with van der Waals surface area (Å²) in [6.07, 6.45) is 3.48. The highest BCUT2D eigenvalue weighted by molar-refractivity contribution is 6.32. The van der Waals surface area contributed by atoms with E-state index in [-0.39, 0.29) is 10.4 Å². The van der Waals surface area contributed by atoms with Crippen molar-refractivity contribution in [2.75, 3.05) is 5.32 Å². The molecule has 0 aromatic carbocycles. The zero-order valence-electron chi connectivity index (χ0n) is 9.95. The zero-order valence-corrected chi connectivity index (χ0v) is 11.5. The third-order valence-corrected chi connectivity index (χ3v) is 3.97. The zero-order chi connectivity index (χ0) is 12.4. The van der Waals surface area contributed by atoms with Gasteiger partial charge in [-0.05, 0) is 42.7 Å². The Kier molecular flexibility index (Phi) is 4.05. The minimum atomic E-state index is 0.120. The fourth-order valence-electron chi connectivity index (χ4n) is 2.26. The molecule has 1 aromatic rings. The maximum Gasteiger partial charge on any atom is 0.245 e. The number of hydrogen-bond donors (Lipinski definition) is 1. The molecule has 0 aliphatic heterocycles. The van der Waals surface area contributed by atoms with E-state index in [1.54, 1.807) is 0 Å². The van der Waals surface area contributed by atoms with Crippen LogP contribution in [0.2, 0.25) is 10.4 Å². The van der Waals surface area contributed by atoms with Gasteiger partial charge in [0.2, 0.25) is 5.28 Å². The highest BCUT2D eigenvalue weighted by Crippen LogP contribution is 2.31. The largest absolute Gasteiger partial charge is 0.365 e. The van der Waals surface area contributed by atoms with Gasteiger partial charge in [0.1, 0.15) is 0 Å². The first-order chi connectivity index (χ1) is 8.06. The average molecular weight is 275 g/mol. The van der Waals surface area contributed by atoms with Gasteiger partial charge in [-0.25, -0.2) is 0 Å². The number of halogens is 2. The Hall–Kier alpha value is -0.610. The van der Waals surface area contributed by atoms with Crippen LogP contribution in [0.4, 0.5) is 5.82 Å². The van der Waals surface area contributed by atoms with E-state index in [2.05, 4.69) is 34.3 Å². The monoisotopic (exact) mass is 274 g/mol. The molecule has 0 radical (unpaired) electrons. The Labute approximate surface area is 111 Å². The van der Waals surface area contributed by atoms with E-state index in [0.29, 0.717) is 17.8 Å². The fraction of sp³-hybridized carbons (Fsp3) is 0.727. The maximum atomic E-state index is 5.92. The molecular weight excluding hydrogens is 259 g/mol. The molecule has 1 N–H and O–H groups in total. The van der Waals surface area contributed by atoms with Crippen LogP contribution in [-0.2, 0) is 0 Å². The van der Waals surface area contributed by atoms with Crippen molar-refractivity contribution in [2.45, 2.75) is 39.2 Å². The van der Waals surface area contributed by atoms with Crippen molar-refractivity contribution in [1.29, 1.82) is 0 Å². The van der Waals surface area contributed by atoms with E-state index < -0.39 is 0 Å². The van der Waals surface area contributed by atoms with E-state index >= 15 is 0 Å². The molecule has 1 heterocycles. The van der Waals surface area contributed by atoms with Crippen LogP contribution in [0.5, 0.6) is 0 Å². The van der Waals surface area contributed by atoms with Crippen molar-refractivity contribution in [2.24, 2.45) is 11.8 Å². The lowest BCUT2D eigenvalue weighted by atomic mass is 9.79. The molecule has 6 heteroatoms. The maximum absolute atomic E-state index is 5.92. The molecule has 94 valence electrons. The fourth-order valence-corrected chi connectivity index (χ4v) is 2.51. The van der Waals surface area contributed by atoms with E-state index in [9.17, 15) is 0 Å². The van der Waals surface area contributed by atoms with Crippen LogP contribution in [0.25, 0.3) is 0 Å². The average Bonchev–Trinajstić information content (AvgIpc) is 2.29. The van der Waals surface area contributed by atoms with Crippen molar-refractivity contribution in [1.82, 2.24) is 15.2 Å². The van der Waals surface area contributed by atoms with Gasteiger partial charge in [-0.15, -0.1) is 10.2 Å². The molecule has 1 saturated carbocycles. The van der Waals surface area contributed by atoms with Crippen LogP contribution in [0.3, 0.4) is 0 Å². The van der Waals surface area contributed by atoms with E-state index in [0.717, 1.165) is 18.8 Å². The quantitative estimate of drug-likeness (QED) is 0.898. The predicted octanol–water partition coefficient (Wildman–Crippen LogP) is 3.42. The number of rotatable bonds is 2. The van der Waals surface area contributed by atoms with Gasteiger partial charge in [-0.3, -0.25) is 0 Å². The molecule has 0 spiro atoms. The summed E-state index contributed by atoms with van der Waals surface area (Å²) in [5.74, 6) is 2.04. The van der Waals surface area contributed by atoms with Gasteiger partial charge >= 0.3 is 0 Å². The number of aromatic nitrogens is 3. The van der Waals surface area contributed by atoms with Crippen molar-refractivity contribution in [3.63, 3.8) is 0 Å². The third-order valence-electron chi connectivity index (χ3n) is 3.56. The van der Waals surface area contributed by atoms with Gasteiger partial charge in [0.15, 0.2) is 11.0 Å². The van der Waals surface area contributed by atoms with Crippen molar-refractivity contribution in [3.8, 4) is 0 Å². The van der Waals surface area contributed by atoms with Crippen LogP contribution in [0, 0.1) is 11.8 Å². The standard InChI is InChI=1S/C11H16Cl2N4/c1-6-3-4-8(5-7(6)2)14-10-9(12)16-17-11(13)15-10/h6-8H,3-5H2,1-2H3,(H,14,15,17). The minimum absolute atomic E-state index is 0.120. The Morgan fingerprint density at radius 2 is 1.88 bits per heavy atom. The van der Waals surface area contributed by atoms with Crippen LogP contribution in [-0.4, -0.2) is 21.2 Å². The first-order valence-corrected chi connectivity index (χ1v) is 6.64. The van der Waals surface area contributed by atoms with Crippen molar-refractivity contribution < 1.29 is 0 Å². The van der Waals surface area contributed by atoms with E-state index in [1.807, 2.05) is 0 Å². The van der Waals surface area contributed by atoms with Crippen LogP contribution in [0.1, 0.15) is 33.1 Å². The number of anilines is 1. The smallest absolute Gasteiger partial charge is 0.245 e. The molecule has 1 aromatic heterocycles. The van der Waals surface area contributed by atoms with Gasteiger partial charge in [0.05, 0.1) is 0 Å². The first kappa shape index (κ1) is 12.8.